The highest BCUT2D eigenvalue weighted by atomic mass is 16.6. The van der Waals surface area contributed by atoms with Crippen molar-refractivity contribution < 1.29 is 9.47 Å². The number of ether oxygens (including phenoxy) is 2. The Morgan fingerprint density at radius 2 is 1.39 bits per heavy atom. The van der Waals surface area contributed by atoms with Gasteiger partial charge in [0.15, 0.2) is 0 Å². The number of allylic oxidation sites excluding steroid dienone is 2. The standard InChI is InChI=1S/C26H42O2/c1-2-3-4-5-6-7-8-9-10-11-12-13-14-15-16-17-24-18-20-25(21-19-24)27-22-26-23-28-26/h7-8,18-21,26H,2-6,9-17,22-23H2,1H3/b8-7+. The second-order valence-electron chi connectivity index (χ2n) is 8.24. The van der Waals surface area contributed by atoms with Gasteiger partial charge in [0.2, 0.25) is 0 Å². The average Bonchev–Trinajstić information content (AvgIpc) is 3.55. The van der Waals surface area contributed by atoms with Crippen LogP contribution in [0.4, 0.5) is 0 Å². The Bertz CT molecular complexity index is 502. The first kappa shape index (κ1) is 23.0. The summed E-state index contributed by atoms with van der Waals surface area (Å²) < 4.78 is 10.9. The van der Waals surface area contributed by atoms with Gasteiger partial charge in [-0.1, -0.05) is 82.6 Å². The van der Waals surface area contributed by atoms with Gasteiger partial charge < -0.3 is 9.47 Å². The molecule has 0 amide bonds. The molecule has 0 bridgehead atoms. The summed E-state index contributed by atoms with van der Waals surface area (Å²) in [5, 5.41) is 0. The Labute approximate surface area is 173 Å². The number of unbranched alkanes of at least 4 members (excludes halogenated alkanes) is 11. The normalized spacial score (nSPS) is 16.0. The third-order valence-electron chi connectivity index (χ3n) is 5.49. The zero-order valence-corrected chi connectivity index (χ0v) is 18.2. The number of benzene rings is 1. The Morgan fingerprint density at radius 1 is 0.821 bits per heavy atom. The van der Waals surface area contributed by atoms with Crippen molar-refractivity contribution in [2.45, 2.75) is 103 Å². The molecule has 1 aliphatic rings. The van der Waals surface area contributed by atoms with E-state index < -0.39 is 0 Å². The van der Waals surface area contributed by atoms with Crippen LogP contribution in [0.1, 0.15) is 96.0 Å². The molecule has 1 aliphatic heterocycles. The second kappa shape index (κ2) is 15.6. The first-order valence-electron chi connectivity index (χ1n) is 11.9. The fourth-order valence-electron chi connectivity index (χ4n) is 3.51. The van der Waals surface area contributed by atoms with Crippen LogP contribution in [0.15, 0.2) is 36.4 Å². The fraction of sp³-hybridized carbons (Fsp3) is 0.692. The summed E-state index contributed by atoms with van der Waals surface area (Å²) in [4.78, 5) is 0. The van der Waals surface area contributed by atoms with Gasteiger partial charge in [-0.3, -0.25) is 0 Å². The van der Waals surface area contributed by atoms with Crippen molar-refractivity contribution in [2.24, 2.45) is 0 Å². The third kappa shape index (κ3) is 12.2. The number of hydrogen-bond donors (Lipinski definition) is 0. The van der Waals surface area contributed by atoms with Crippen LogP contribution in [0.5, 0.6) is 5.75 Å². The molecule has 1 heterocycles. The highest BCUT2D eigenvalue weighted by Crippen LogP contribution is 2.17. The fourth-order valence-corrected chi connectivity index (χ4v) is 3.51. The summed E-state index contributed by atoms with van der Waals surface area (Å²) in [6.45, 7) is 3.82. The molecule has 158 valence electrons. The largest absolute Gasteiger partial charge is 0.491 e. The lowest BCUT2D eigenvalue weighted by molar-refractivity contribution is 0.263. The van der Waals surface area contributed by atoms with Crippen LogP contribution in [0.2, 0.25) is 0 Å². The van der Waals surface area contributed by atoms with Gasteiger partial charge in [0.05, 0.1) is 6.61 Å². The Hall–Kier alpha value is -1.28. The molecule has 0 aromatic heterocycles. The van der Waals surface area contributed by atoms with Gasteiger partial charge >= 0.3 is 0 Å². The van der Waals surface area contributed by atoms with Crippen LogP contribution in [-0.2, 0) is 11.2 Å². The van der Waals surface area contributed by atoms with Crippen molar-refractivity contribution in [3.8, 4) is 5.75 Å². The maximum Gasteiger partial charge on any atom is 0.119 e. The second-order valence-corrected chi connectivity index (χ2v) is 8.24. The third-order valence-corrected chi connectivity index (χ3v) is 5.49. The van der Waals surface area contributed by atoms with E-state index in [1.807, 2.05) is 0 Å². The van der Waals surface area contributed by atoms with E-state index in [4.69, 9.17) is 9.47 Å². The van der Waals surface area contributed by atoms with E-state index in [1.165, 1.54) is 95.5 Å². The molecule has 1 aromatic carbocycles. The van der Waals surface area contributed by atoms with E-state index in [-0.39, 0.29) is 0 Å². The monoisotopic (exact) mass is 386 g/mol. The Morgan fingerprint density at radius 3 is 2.00 bits per heavy atom. The van der Waals surface area contributed by atoms with E-state index in [9.17, 15) is 0 Å². The van der Waals surface area contributed by atoms with Crippen LogP contribution in [0, 0.1) is 0 Å². The van der Waals surface area contributed by atoms with E-state index in [2.05, 4.69) is 43.3 Å². The van der Waals surface area contributed by atoms with Crippen molar-refractivity contribution in [3.05, 3.63) is 42.0 Å². The van der Waals surface area contributed by atoms with Crippen molar-refractivity contribution in [1.82, 2.24) is 0 Å². The molecule has 2 heteroatoms. The minimum absolute atomic E-state index is 0.330. The van der Waals surface area contributed by atoms with Crippen LogP contribution in [-0.4, -0.2) is 19.3 Å². The quantitative estimate of drug-likeness (QED) is 0.147. The van der Waals surface area contributed by atoms with E-state index in [1.54, 1.807) is 0 Å². The molecule has 0 radical (unpaired) electrons. The smallest absolute Gasteiger partial charge is 0.119 e. The Balaban J connectivity index is 1.34. The number of epoxide rings is 1. The molecule has 1 saturated heterocycles. The van der Waals surface area contributed by atoms with Crippen LogP contribution >= 0.6 is 0 Å². The maximum absolute atomic E-state index is 5.69. The minimum atomic E-state index is 0.330. The predicted octanol–water partition coefficient (Wildman–Crippen LogP) is 7.65. The van der Waals surface area contributed by atoms with E-state index >= 15 is 0 Å². The highest BCUT2D eigenvalue weighted by Gasteiger charge is 2.22. The summed E-state index contributed by atoms with van der Waals surface area (Å²) >= 11 is 0. The number of aryl methyl sites for hydroxylation is 1. The van der Waals surface area contributed by atoms with E-state index in [0.717, 1.165) is 12.4 Å². The first-order chi connectivity index (χ1) is 13.9. The minimum Gasteiger partial charge on any atom is -0.491 e. The van der Waals surface area contributed by atoms with Gasteiger partial charge in [-0.2, -0.15) is 0 Å². The molecule has 2 nitrogen and oxygen atoms in total. The SMILES string of the molecule is CCCCCC/C=C/CCCCCCCCCc1ccc(OCC2CO2)cc1. The van der Waals surface area contributed by atoms with Gasteiger partial charge in [0, 0.05) is 0 Å². The Kier molecular flexibility index (Phi) is 12.8. The van der Waals surface area contributed by atoms with Crippen LogP contribution in [0.3, 0.4) is 0 Å². The topological polar surface area (TPSA) is 21.8 Å². The van der Waals surface area contributed by atoms with Gasteiger partial charge in [-0.05, 0) is 56.2 Å². The molecule has 1 unspecified atom stereocenters. The lowest BCUT2D eigenvalue weighted by Gasteiger charge is -2.06. The molecule has 28 heavy (non-hydrogen) atoms. The first-order valence-corrected chi connectivity index (χ1v) is 11.9. The van der Waals surface area contributed by atoms with Gasteiger partial charge in [-0.15, -0.1) is 0 Å². The van der Waals surface area contributed by atoms with Gasteiger partial charge in [0.25, 0.3) is 0 Å². The molecule has 0 saturated carbocycles. The number of hydrogen-bond acceptors (Lipinski definition) is 2. The zero-order valence-electron chi connectivity index (χ0n) is 18.2. The van der Waals surface area contributed by atoms with Gasteiger partial charge in [-0.25, -0.2) is 0 Å². The summed E-state index contributed by atoms with van der Waals surface area (Å²) in [7, 11) is 0. The maximum atomic E-state index is 5.69. The van der Waals surface area contributed by atoms with Crippen molar-refractivity contribution >= 4 is 0 Å². The molecule has 1 aromatic rings. The lowest BCUT2D eigenvalue weighted by Crippen LogP contribution is -2.03. The zero-order chi connectivity index (χ0) is 19.7. The molecular weight excluding hydrogens is 344 g/mol. The van der Waals surface area contributed by atoms with Crippen molar-refractivity contribution in [1.29, 1.82) is 0 Å². The van der Waals surface area contributed by atoms with Crippen molar-refractivity contribution in [3.63, 3.8) is 0 Å². The molecular formula is C26H42O2. The van der Waals surface area contributed by atoms with Gasteiger partial charge in [0.1, 0.15) is 18.5 Å². The van der Waals surface area contributed by atoms with E-state index in [0.29, 0.717) is 12.7 Å². The predicted molar refractivity (Wildman–Crippen MR) is 120 cm³/mol. The summed E-state index contributed by atoms with van der Waals surface area (Å²) in [5.74, 6) is 0.964. The summed E-state index contributed by atoms with van der Waals surface area (Å²) in [6, 6.07) is 8.61. The summed E-state index contributed by atoms with van der Waals surface area (Å²) in [5.41, 5.74) is 1.43. The molecule has 2 rings (SSSR count). The molecule has 0 N–H and O–H groups in total. The average molecular weight is 387 g/mol. The highest BCUT2D eigenvalue weighted by molar-refractivity contribution is 5.27. The van der Waals surface area contributed by atoms with Crippen LogP contribution < -0.4 is 4.74 Å². The molecule has 0 spiro atoms. The van der Waals surface area contributed by atoms with Crippen molar-refractivity contribution in [2.75, 3.05) is 13.2 Å². The van der Waals surface area contributed by atoms with Crippen LogP contribution in [0.25, 0.3) is 0 Å². The lowest BCUT2D eigenvalue weighted by atomic mass is 10.0. The molecule has 0 aliphatic carbocycles. The molecule has 1 fully saturated rings. The molecule has 1 atom stereocenters. The number of rotatable bonds is 18. The summed E-state index contributed by atoms with van der Waals surface area (Å²) in [6.07, 6.45) is 24.0.